The summed E-state index contributed by atoms with van der Waals surface area (Å²) in [6, 6.07) is 7.93. The topological polar surface area (TPSA) is 101 Å². The molecule has 8 atom stereocenters. The average Bonchev–Trinajstić information content (AvgIpc) is 3.50. The van der Waals surface area contributed by atoms with Crippen LogP contribution in [-0.4, -0.2) is 81.9 Å². The van der Waals surface area contributed by atoms with E-state index in [1.165, 1.54) is 11.1 Å². The van der Waals surface area contributed by atoms with Crippen LogP contribution in [0.5, 0.6) is 0 Å². The van der Waals surface area contributed by atoms with E-state index in [0.29, 0.717) is 0 Å². The van der Waals surface area contributed by atoms with Gasteiger partial charge in [0.2, 0.25) is 5.91 Å². The van der Waals surface area contributed by atoms with Gasteiger partial charge in [-0.05, 0) is 50.7 Å². The van der Waals surface area contributed by atoms with Crippen molar-refractivity contribution >= 4 is 11.9 Å². The molecule has 9 nitrogen and oxygen atoms in total. The summed E-state index contributed by atoms with van der Waals surface area (Å²) in [7, 11) is 0. The van der Waals surface area contributed by atoms with Gasteiger partial charge in [0.05, 0.1) is 18.1 Å². The molecule has 1 aliphatic carbocycles. The van der Waals surface area contributed by atoms with Crippen LogP contribution in [0.1, 0.15) is 50.3 Å². The number of ether oxygens (including phenoxy) is 3. The van der Waals surface area contributed by atoms with E-state index in [2.05, 4.69) is 28.4 Å². The maximum atomic E-state index is 13.6. The van der Waals surface area contributed by atoms with Crippen molar-refractivity contribution in [1.82, 2.24) is 15.1 Å². The SMILES string of the molecule is CC1(C)O[C@@H]2[C@H](O1)[C@@H](CO)O[C@H]2N1C(=O)NC(=O)[C@H]2[C@H]3c4ccccc4CCN3[C@@H]3CCC[C@]231. The first-order chi connectivity index (χ1) is 16.4. The second-order valence-corrected chi connectivity index (χ2v) is 11.0. The Morgan fingerprint density at radius 2 is 1.97 bits per heavy atom. The molecular formula is C25H31N3O6. The third-order valence-corrected chi connectivity index (χ3v) is 9.00. The number of fused-ring (bicyclic) bond motifs is 6. The van der Waals surface area contributed by atoms with Gasteiger partial charge in [0, 0.05) is 18.6 Å². The van der Waals surface area contributed by atoms with Gasteiger partial charge in [0.15, 0.2) is 12.0 Å². The van der Waals surface area contributed by atoms with E-state index in [4.69, 9.17) is 14.2 Å². The number of nitrogens with one attached hydrogen (secondary N) is 1. The first-order valence-corrected chi connectivity index (χ1v) is 12.5. The smallest absolute Gasteiger partial charge is 0.326 e. The van der Waals surface area contributed by atoms with Crippen LogP contribution in [0, 0.1) is 5.92 Å². The zero-order valence-corrected chi connectivity index (χ0v) is 19.5. The van der Waals surface area contributed by atoms with Crippen LogP contribution in [0.2, 0.25) is 0 Å². The molecule has 34 heavy (non-hydrogen) atoms. The van der Waals surface area contributed by atoms with Crippen molar-refractivity contribution in [2.75, 3.05) is 13.2 Å². The monoisotopic (exact) mass is 469 g/mol. The third-order valence-electron chi connectivity index (χ3n) is 9.00. The lowest BCUT2D eigenvalue weighted by Crippen LogP contribution is -2.72. The lowest BCUT2D eigenvalue weighted by atomic mass is 9.74. The van der Waals surface area contributed by atoms with Crippen molar-refractivity contribution in [3.63, 3.8) is 0 Å². The Morgan fingerprint density at radius 1 is 1.18 bits per heavy atom. The number of carbonyl (C=O) groups excluding carboxylic acids is 2. The van der Waals surface area contributed by atoms with Gasteiger partial charge in [-0.25, -0.2) is 4.79 Å². The fourth-order valence-corrected chi connectivity index (χ4v) is 8.02. The molecule has 0 radical (unpaired) electrons. The van der Waals surface area contributed by atoms with Crippen LogP contribution in [-0.2, 0) is 25.4 Å². The molecule has 1 saturated carbocycles. The number of carbonyl (C=O) groups is 2. The zero-order valence-electron chi connectivity index (χ0n) is 19.5. The number of hydrogen-bond donors (Lipinski definition) is 2. The molecule has 5 fully saturated rings. The number of imide groups is 1. The summed E-state index contributed by atoms with van der Waals surface area (Å²) in [5.41, 5.74) is 1.79. The number of benzene rings is 1. The molecule has 1 aromatic rings. The van der Waals surface area contributed by atoms with Gasteiger partial charge in [0.25, 0.3) is 0 Å². The van der Waals surface area contributed by atoms with Gasteiger partial charge in [-0.2, -0.15) is 0 Å². The van der Waals surface area contributed by atoms with Crippen LogP contribution in [0.3, 0.4) is 0 Å². The molecule has 1 aromatic carbocycles. The van der Waals surface area contributed by atoms with E-state index in [1.807, 2.05) is 19.9 Å². The van der Waals surface area contributed by atoms with E-state index in [-0.39, 0.29) is 24.6 Å². The molecule has 0 unspecified atom stereocenters. The molecule has 0 bridgehead atoms. The Bertz CT molecular complexity index is 1060. The summed E-state index contributed by atoms with van der Waals surface area (Å²) in [6.07, 6.45) is 1.20. The van der Waals surface area contributed by atoms with Crippen LogP contribution in [0.15, 0.2) is 24.3 Å². The fraction of sp³-hybridized carbons (Fsp3) is 0.680. The largest absolute Gasteiger partial charge is 0.394 e. The number of urea groups is 1. The highest BCUT2D eigenvalue weighted by Crippen LogP contribution is 2.61. The Balaban J connectivity index is 1.36. The molecule has 0 aromatic heterocycles. The first kappa shape index (κ1) is 21.3. The number of aliphatic hydroxyl groups is 1. The van der Waals surface area contributed by atoms with Gasteiger partial charge in [-0.1, -0.05) is 24.3 Å². The number of hydrogen-bond acceptors (Lipinski definition) is 7. The van der Waals surface area contributed by atoms with E-state index in [9.17, 15) is 14.7 Å². The highest BCUT2D eigenvalue weighted by Gasteiger charge is 2.73. The molecule has 3 amide bonds. The summed E-state index contributed by atoms with van der Waals surface area (Å²) in [5.74, 6) is -1.44. The Hall–Kier alpha value is -2.04. The molecule has 9 heteroatoms. The van der Waals surface area contributed by atoms with Crippen molar-refractivity contribution in [2.24, 2.45) is 5.92 Å². The van der Waals surface area contributed by atoms with E-state index in [1.54, 1.807) is 4.90 Å². The van der Waals surface area contributed by atoms with Gasteiger partial charge < -0.3 is 19.3 Å². The second kappa shape index (κ2) is 7.01. The summed E-state index contributed by atoms with van der Waals surface area (Å²) in [4.78, 5) is 31.4. The number of aliphatic hydroxyl groups excluding tert-OH is 1. The Labute approximate surface area is 198 Å². The number of rotatable bonds is 2. The molecule has 7 rings (SSSR count). The molecule has 182 valence electrons. The number of amides is 3. The third kappa shape index (κ3) is 2.57. The predicted molar refractivity (Wildman–Crippen MR) is 118 cm³/mol. The van der Waals surface area contributed by atoms with Crippen LogP contribution in [0.4, 0.5) is 4.79 Å². The minimum absolute atomic E-state index is 0.0661. The van der Waals surface area contributed by atoms with Gasteiger partial charge in [-0.3, -0.25) is 19.9 Å². The standard InChI is InChI=1S/C25H31N3O6/c1-24(2)33-19-15(12-29)32-22(20(19)34-24)28-23(31)26-21(30)17-18-14-7-4-3-6-13(14)9-11-27(18)16-8-5-10-25(16,17)28/h3-4,6-7,15-20,22,29H,5,8-12H2,1-2H3,(H,26,30,31)/t15-,16-,17-,18-,19-,20-,22-,25-/m1/s1. The van der Waals surface area contributed by atoms with E-state index >= 15 is 0 Å². The van der Waals surface area contributed by atoms with Crippen LogP contribution < -0.4 is 5.32 Å². The quantitative estimate of drug-likeness (QED) is 0.673. The molecule has 5 heterocycles. The molecule has 1 spiro atoms. The van der Waals surface area contributed by atoms with Gasteiger partial charge in [-0.15, -0.1) is 0 Å². The lowest BCUT2D eigenvalue weighted by Gasteiger charge is -2.51. The van der Waals surface area contributed by atoms with E-state index in [0.717, 1.165) is 32.2 Å². The predicted octanol–water partition coefficient (Wildman–Crippen LogP) is 1.30. The maximum absolute atomic E-state index is 13.6. The van der Waals surface area contributed by atoms with Gasteiger partial charge in [0.1, 0.15) is 18.3 Å². The summed E-state index contributed by atoms with van der Waals surface area (Å²) in [5, 5.41) is 12.7. The normalized spacial score (nSPS) is 44.3. The van der Waals surface area contributed by atoms with Crippen molar-refractivity contribution in [2.45, 2.75) is 87.5 Å². The minimum atomic E-state index is -0.842. The van der Waals surface area contributed by atoms with Crippen molar-refractivity contribution in [3.05, 3.63) is 35.4 Å². The highest BCUT2D eigenvalue weighted by molar-refractivity contribution is 6.00. The molecular weight excluding hydrogens is 438 g/mol. The summed E-state index contributed by atoms with van der Waals surface area (Å²) in [6.45, 7) is 4.31. The first-order valence-electron chi connectivity index (χ1n) is 12.5. The summed E-state index contributed by atoms with van der Waals surface area (Å²) < 4.78 is 18.6. The maximum Gasteiger partial charge on any atom is 0.326 e. The average molecular weight is 470 g/mol. The molecule has 2 N–H and O–H groups in total. The molecule has 4 saturated heterocycles. The molecule has 5 aliphatic heterocycles. The minimum Gasteiger partial charge on any atom is -0.394 e. The fourth-order valence-electron chi connectivity index (χ4n) is 8.02. The Morgan fingerprint density at radius 3 is 2.79 bits per heavy atom. The summed E-state index contributed by atoms with van der Waals surface area (Å²) >= 11 is 0. The van der Waals surface area contributed by atoms with Crippen molar-refractivity contribution in [3.8, 4) is 0 Å². The van der Waals surface area contributed by atoms with Gasteiger partial charge >= 0.3 is 6.03 Å². The Kier molecular flexibility index (Phi) is 4.38. The number of nitrogens with zero attached hydrogens (tertiary/aromatic N) is 2. The van der Waals surface area contributed by atoms with Crippen molar-refractivity contribution < 1.29 is 28.9 Å². The van der Waals surface area contributed by atoms with Crippen LogP contribution in [0.25, 0.3) is 0 Å². The zero-order chi connectivity index (χ0) is 23.4. The lowest BCUT2D eigenvalue weighted by molar-refractivity contribution is -0.215. The van der Waals surface area contributed by atoms with E-state index < -0.39 is 47.8 Å². The molecule has 6 aliphatic rings. The van der Waals surface area contributed by atoms with Crippen molar-refractivity contribution in [1.29, 1.82) is 0 Å². The second-order valence-electron chi connectivity index (χ2n) is 11.0. The highest BCUT2D eigenvalue weighted by atomic mass is 16.8. The van der Waals surface area contributed by atoms with Crippen LogP contribution >= 0.6 is 0 Å².